The van der Waals surface area contributed by atoms with Gasteiger partial charge in [0.2, 0.25) is 0 Å². The SMILES string of the molecule is C=NC=c1ccnc(C)c1=C. The Bertz CT molecular complexity index is 366. The van der Waals surface area contributed by atoms with Crippen molar-refractivity contribution in [2.75, 3.05) is 0 Å². The minimum atomic E-state index is 0.917. The zero-order valence-electron chi connectivity index (χ0n) is 6.54. The van der Waals surface area contributed by atoms with Gasteiger partial charge in [-0.3, -0.25) is 9.98 Å². The van der Waals surface area contributed by atoms with Crippen LogP contribution in [0.5, 0.6) is 0 Å². The summed E-state index contributed by atoms with van der Waals surface area (Å²) in [7, 11) is 0. The monoisotopic (exact) mass is 146 g/mol. The van der Waals surface area contributed by atoms with E-state index in [1.54, 1.807) is 12.4 Å². The standard InChI is InChI=1S/C9H10N2/c1-7-8(2)11-5-4-9(7)6-10-3/h4-6H,1,3H2,2H3. The number of rotatable bonds is 1. The Labute approximate surface area is 65.6 Å². The highest BCUT2D eigenvalue weighted by molar-refractivity contribution is 5.37. The van der Waals surface area contributed by atoms with Gasteiger partial charge in [0.05, 0.1) is 0 Å². The van der Waals surface area contributed by atoms with Gasteiger partial charge in [-0.25, -0.2) is 0 Å². The van der Waals surface area contributed by atoms with Gasteiger partial charge in [0.1, 0.15) is 0 Å². The van der Waals surface area contributed by atoms with Crippen molar-refractivity contribution in [1.29, 1.82) is 0 Å². The Kier molecular flexibility index (Phi) is 2.16. The number of aryl methyl sites for hydroxylation is 1. The molecule has 0 spiro atoms. The van der Waals surface area contributed by atoms with Crippen LogP contribution in [0.1, 0.15) is 5.69 Å². The van der Waals surface area contributed by atoms with Gasteiger partial charge >= 0.3 is 0 Å². The minimum Gasteiger partial charge on any atom is -0.272 e. The average Bonchev–Trinajstić information content (AvgIpc) is 1.99. The molecule has 0 fully saturated rings. The number of aliphatic imine (C=N–C) groups is 1. The molecule has 0 aliphatic rings. The van der Waals surface area contributed by atoms with Gasteiger partial charge < -0.3 is 0 Å². The molecular weight excluding hydrogens is 136 g/mol. The van der Waals surface area contributed by atoms with Crippen LogP contribution in [0.3, 0.4) is 0 Å². The van der Waals surface area contributed by atoms with E-state index in [2.05, 4.69) is 23.3 Å². The summed E-state index contributed by atoms with van der Waals surface area (Å²) in [6.07, 6.45) is 3.41. The summed E-state index contributed by atoms with van der Waals surface area (Å²) in [6, 6.07) is 1.87. The highest BCUT2D eigenvalue weighted by Gasteiger charge is 1.86. The van der Waals surface area contributed by atoms with Crippen LogP contribution in [0.2, 0.25) is 0 Å². The molecule has 1 aromatic rings. The highest BCUT2D eigenvalue weighted by Crippen LogP contribution is 1.74. The molecule has 0 N–H and O–H groups in total. The summed E-state index contributed by atoms with van der Waals surface area (Å²) in [5.41, 5.74) is 0.933. The molecular formula is C9H10N2. The average molecular weight is 146 g/mol. The van der Waals surface area contributed by atoms with Crippen LogP contribution in [0, 0.1) is 6.92 Å². The van der Waals surface area contributed by atoms with Crippen molar-refractivity contribution in [3.8, 4) is 0 Å². The van der Waals surface area contributed by atoms with Crippen LogP contribution in [0.4, 0.5) is 0 Å². The van der Waals surface area contributed by atoms with E-state index < -0.39 is 0 Å². The molecule has 0 aromatic carbocycles. The lowest BCUT2D eigenvalue weighted by molar-refractivity contribution is 1.16. The zero-order chi connectivity index (χ0) is 8.27. The largest absolute Gasteiger partial charge is 0.272 e. The quantitative estimate of drug-likeness (QED) is 0.521. The lowest BCUT2D eigenvalue weighted by atomic mass is 10.3. The number of pyridine rings is 1. The molecule has 0 saturated carbocycles. The molecule has 2 heteroatoms. The van der Waals surface area contributed by atoms with Gasteiger partial charge in [-0.15, -0.1) is 0 Å². The summed E-state index contributed by atoms with van der Waals surface area (Å²) in [5.74, 6) is 0. The third kappa shape index (κ3) is 1.52. The van der Waals surface area contributed by atoms with E-state index in [4.69, 9.17) is 0 Å². The molecule has 1 heterocycles. The van der Waals surface area contributed by atoms with E-state index in [0.717, 1.165) is 16.1 Å². The topological polar surface area (TPSA) is 25.2 Å². The molecule has 0 aliphatic carbocycles. The highest BCUT2D eigenvalue weighted by atomic mass is 14.7. The van der Waals surface area contributed by atoms with Crippen LogP contribution >= 0.6 is 0 Å². The maximum Gasteiger partial charge on any atom is 0.0445 e. The first-order valence-electron chi connectivity index (χ1n) is 3.32. The molecule has 1 aromatic heterocycles. The fourth-order valence-electron chi connectivity index (χ4n) is 0.836. The number of nitrogens with zero attached hydrogens (tertiary/aromatic N) is 2. The maximum absolute atomic E-state index is 4.08. The molecule has 0 amide bonds. The summed E-state index contributed by atoms with van der Waals surface area (Å²) >= 11 is 0. The maximum atomic E-state index is 4.08. The van der Waals surface area contributed by atoms with Crippen LogP contribution in [0.25, 0.3) is 12.8 Å². The van der Waals surface area contributed by atoms with Crippen molar-refractivity contribution in [2.45, 2.75) is 6.92 Å². The van der Waals surface area contributed by atoms with Crippen LogP contribution < -0.4 is 10.4 Å². The van der Waals surface area contributed by atoms with Gasteiger partial charge in [0, 0.05) is 23.3 Å². The van der Waals surface area contributed by atoms with Gasteiger partial charge in [-0.2, -0.15) is 0 Å². The van der Waals surface area contributed by atoms with Crippen molar-refractivity contribution < 1.29 is 0 Å². The predicted octanol–water partition coefficient (Wildman–Crippen LogP) is 0.239. The Balaban J connectivity index is 3.52. The fourth-order valence-corrected chi connectivity index (χ4v) is 0.836. The Hall–Kier alpha value is -1.44. The number of hydrogen-bond acceptors (Lipinski definition) is 2. The van der Waals surface area contributed by atoms with E-state index >= 15 is 0 Å². The van der Waals surface area contributed by atoms with Crippen LogP contribution in [-0.4, -0.2) is 11.7 Å². The molecule has 1 rings (SSSR count). The number of aromatic nitrogens is 1. The second-order valence-corrected chi connectivity index (χ2v) is 2.28. The van der Waals surface area contributed by atoms with E-state index in [1.165, 1.54) is 0 Å². The fraction of sp³-hybridized carbons (Fsp3) is 0.111. The summed E-state index contributed by atoms with van der Waals surface area (Å²) in [4.78, 5) is 7.74. The Morgan fingerprint density at radius 1 is 1.64 bits per heavy atom. The first kappa shape index (κ1) is 7.66. The second kappa shape index (κ2) is 3.10. The lowest BCUT2D eigenvalue weighted by Gasteiger charge is -1.90. The van der Waals surface area contributed by atoms with Crippen molar-refractivity contribution in [1.82, 2.24) is 4.98 Å². The molecule has 11 heavy (non-hydrogen) atoms. The molecule has 0 bridgehead atoms. The molecule has 2 nitrogen and oxygen atoms in total. The van der Waals surface area contributed by atoms with Crippen LogP contribution in [0.15, 0.2) is 17.3 Å². The molecule has 0 saturated heterocycles. The van der Waals surface area contributed by atoms with Crippen molar-refractivity contribution in [3.63, 3.8) is 0 Å². The molecule has 0 aliphatic heterocycles. The van der Waals surface area contributed by atoms with Gasteiger partial charge in [-0.1, -0.05) is 6.58 Å². The van der Waals surface area contributed by atoms with Gasteiger partial charge in [0.15, 0.2) is 0 Å². The first-order valence-corrected chi connectivity index (χ1v) is 3.32. The second-order valence-electron chi connectivity index (χ2n) is 2.28. The Morgan fingerprint density at radius 3 is 3.00 bits per heavy atom. The van der Waals surface area contributed by atoms with E-state index in [1.807, 2.05) is 13.0 Å². The summed E-state index contributed by atoms with van der Waals surface area (Å²) in [6.45, 7) is 9.15. The van der Waals surface area contributed by atoms with Crippen molar-refractivity contribution >= 4 is 19.5 Å². The van der Waals surface area contributed by atoms with Gasteiger partial charge in [-0.05, 0) is 24.9 Å². The summed E-state index contributed by atoms with van der Waals surface area (Å²) < 4.78 is 0. The molecule has 0 radical (unpaired) electrons. The first-order chi connectivity index (χ1) is 5.25. The third-order valence-electron chi connectivity index (χ3n) is 1.54. The van der Waals surface area contributed by atoms with E-state index in [9.17, 15) is 0 Å². The lowest BCUT2D eigenvalue weighted by Crippen LogP contribution is -2.26. The van der Waals surface area contributed by atoms with Crippen molar-refractivity contribution in [3.05, 3.63) is 28.4 Å². The van der Waals surface area contributed by atoms with Crippen molar-refractivity contribution in [2.24, 2.45) is 4.99 Å². The van der Waals surface area contributed by atoms with E-state index in [-0.39, 0.29) is 0 Å². The summed E-state index contributed by atoms with van der Waals surface area (Å²) in [5, 5.41) is 1.90. The third-order valence-corrected chi connectivity index (χ3v) is 1.54. The smallest absolute Gasteiger partial charge is 0.0445 e. The van der Waals surface area contributed by atoms with Crippen LogP contribution in [-0.2, 0) is 0 Å². The minimum absolute atomic E-state index is 0.917. The molecule has 0 unspecified atom stereocenters. The zero-order valence-corrected chi connectivity index (χ0v) is 6.54. The number of hydrogen-bond donors (Lipinski definition) is 0. The molecule has 56 valence electrons. The van der Waals surface area contributed by atoms with Gasteiger partial charge in [0.25, 0.3) is 0 Å². The normalized spacial score (nSPS) is 11.5. The Morgan fingerprint density at radius 2 is 2.36 bits per heavy atom. The predicted molar refractivity (Wildman–Crippen MR) is 47.8 cm³/mol. The molecule has 0 atom stereocenters. The van der Waals surface area contributed by atoms with E-state index in [0.29, 0.717) is 0 Å².